The van der Waals surface area contributed by atoms with Gasteiger partial charge in [-0.2, -0.15) is 0 Å². The first-order chi connectivity index (χ1) is 18.3. The molecule has 0 bridgehead atoms. The number of nitrogens with zero attached hydrogens (tertiary/aromatic N) is 2. The summed E-state index contributed by atoms with van der Waals surface area (Å²) in [6.07, 6.45) is 2.31. The number of esters is 1. The molecule has 8 heteroatoms. The van der Waals surface area contributed by atoms with Gasteiger partial charge in [-0.25, -0.2) is 4.90 Å². The van der Waals surface area contributed by atoms with Crippen molar-refractivity contribution >= 4 is 40.3 Å². The van der Waals surface area contributed by atoms with Crippen molar-refractivity contribution in [1.29, 1.82) is 0 Å². The van der Waals surface area contributed by atoms with Gasteiger partial charge in [0.25, 0.3) is 11.8 Å². The summed E-state index contributed by atoms with van der Waals surface area (Å²) in [4.78, 5) is 57.4. The highest BCUT2D eigenvalue weighted by Gasteiger charge is 2.44. The van der Waals surface area contributed by atoms with Crippen molar-refractivity contribution in [3.8, 4) is 5.75 Å². The topological polar surface area (TPSA) is 99.8 Å². The lowest BCUT2D eigenvalue weighted by Gasteiger charge is -2.28. The average Bonchev–Trinajstić information content (AvgIpc) is 3.45. The number of amides is 3. The van der Waals surface area contributed by atoms with Crippen LogP contribution in [0.4, 0.5) is 5.69 Å². The Bertz CT molecular complexity index is 1520. The van der Waals surface area contributed by atoms with Crippen LogP contribution < -0.4 is 9.64 Å². The Morgan fingerprint density at radius 1 is 1.00 bits per heavy atom. The van der Waals surface area contributed by atoms with Crippen molar-refractivity contribution in [2.24, 2.45) is 0 Å². The van der Waals surface area contributed by atoms with Crippen molar-refractivity contribution in [1.82, 2.24) is 9.88 Å². The van der Waals surface area contributed by atoms with Crippen LogP contribution in [0.15, 0.2) is 79.0 Å². The summed E-state index contributed by atoms with van der Waals surface area (Å²) >= 11 is 0. The van der Waals surface area contributed by atoms with Crippen LogP contribution in [0.25, 0.3) is 10.9 Å². The maximum Gasteiger partial charge on any atom is 0.308 e. The van der Waals surface area contributed by atoms with Gasteiger partial charge in [-0.05, 0) is 61.4 Å². The molecule has 192 valence electrons. The van der Waals surface area contributed by atoms with Gasteiger partial charge in [-0.3, -0.25) is 19.2 Å². The zero-order valence-corrected chi connectivity index (χ0v) is 21.1. The lowest BCUT2D eigenvalue weighted by atomic mass is 10.1. The molecule has 38 heavy (non-hydrogen) atoms. The van der Waals surface area contributed by atoms with Crippen LogP contribution in [-0.2, 0) is 20.8 Å². The number of hydrogen-bond donors (Lipinski definition) is 1. The highest BCUT2D eigenvalue weighted by molar-refractivity contribution is 6.23. The molecule has 1 unspecified atom stereocenters. The Hall–Kier alpha value is -4.72. The normalized spacial score (nSPS) is 15.2. The van der Waals surface area contributed by atoms with Crippen LogP contribution in [-0.4, -0.2) is 46.2 Å². The zero-order chi connectivity index (χ0) is 26.8. The molecule has 0 spiro atoms. The minimum Gasteiger partial charge on any atom is -0.427 e. The highest BCUT2D eigenvalue weighted by Crippen LogP contribution is 2.29. The molecule has 1 aliphatic heterocycles. The second-order valence-electron chi connectivity index (χ2n) is 9.35. The van der Waals surface area contributed by atoms with Gasteiger partial charge in [0.1, 0.15) is 11.8 Å². The van der Waals surface area contributed by atoms with Gasteiger partial charge < -0.3 is 14.6 Å². The predicted octanol–water partition coefficient (Wildman–Crippen LogP) is 4.42. The van der Waals surface area contributed by atoms with Gasteiger partial charge in [0.2, 0.25) is 5.91 Å². The van der Waals surface area contributed by atoms with E-state index in [2.05, 4.69) is 4.98 Å². The summed E-state index contributed by atoms with van der Waals surface area (Å²) in [5.41, 5.74) is 3.85. The number of carbonyl (C=O) groups excluding carboxylic acids is 4. The minimum atomic E-state index is -0.936. The third kappa shape index (κ3) is 4.93. The Morgan fingerprint density at radius 3 is 2.42 bits per heavy atom. The van der Waals surface area contributed by atoms with E-state index >= 15 is 0 Å². The Kier molecular flexibility index (Phi) is 6.79. The molecule has 1 saturated heterocycles. The molecule has 3 amide bonds. The molecule has 0 saturated carbocycles. The van der Waals surface area contributed by atoms with E-state index in [0.29, 0.717) is 23.4 Å². The lowest BCUT2D eigenvalue weighted by molar-refractivity contribution is -0.132. The fourth-order valence-electron chi connectivity index (χ4n) is 4.80. The maximum absolute atomic E-state index is 13.7. The number of anilines is 1. The van der Waals surface area contributed by atoms with Gasteiger partial charge in [-0.1, -0.05) is 35.9 Å². The number of fused-ring (bicyclic) bond motifs is 1. The number of rotatable bonds is 7. The second kappa shape index (κ2) is 10.3. The monoisotopic (exact) mass is 509 g/mol. The molecule has 1 atom stereocenters. The molecule has 8 nitrogen and oxygen atoms in total. The van der Waals surface area contributed by atoms with Gasteiger partial charge in [0, 0.05) is 36.1 Å². The summed E-state index contributed by atoms with van der Waals surface area (Å²) < 4.78 is 5.05. The van der Waals surface area contributed by atoms with Crippen LogP contribution >= 0.6 is 0 Å². The average molecular weight is 510 g/mol. The minimum absolute atomic E-state index is 0.115. The number of H-pyrrole nitrogens is 1. The van der Waals surface area contributed by atoms with Crippen LogP contribution in [0.3, 0.4) is 0 Å². The Morgan fingerprint density at radius 2 is 1.71 bits per heavy atom. The summed E-state index contributed by atoms with van der Waals surface area (Å²) in [5.74, 6) is -1.31. The molecule has 1 N–H and O–H groups in total. The largest absolute Gasteiger partial charge is 0.427 e. The Balaban J connectivity index is 1.43. The molecule has 5 rings (SSSR count). The summed E-state index contributed by atoms with van der Waals surface area (Å²) in [6.45, 7) is 3.49. The number of carbonyl (C=O) groups is 4. The molecular formula is C30H27N3O5. The van der Waals surface area contributed by atoms with Crippen molar-refractivity contribution in [2.75, 3.05) is 11.4 Å². The van der Waals surface area contributed by atoms with Gasteiger partial charge in [-0.15, -0.1) is 0 Å². The van der Waals surface area contributed by atoms with Crippen molar-refractivity contribution in [2.45, 2.75) is 32.7 Å². The smallest absolute Gasteiger partial charge is 0.308 e. The van der Waals surface area contributed by atoms with Crippen LogP contribution in [0.1, 0.15) is 34.8 Å². The number of aromatic nitrogens is 1. The van der Waals surface area contributed by atoms with Crippen LogP contribution in [0, 0.1) is 6.92 Å². The molecule has 4 aromatic rings. The molecule has 0 aliphatic carbocycles. The summed E-state index contributed by atoms with van der Waals surface area (Å²) in [7, 11) is 0. The number of nitrogens with one attached hydrogen (secondary N) is 1. The first-order valence-electron chi connectivity index (χ1n) is 12.4. The third-order valence-corrected chi connectivity index (χ3v) is 6.71. The number of ether oxygens (including phenoxy) is 1. The van der Waals surface area contributed by atoms with Crippen molar-refractivity contribution in [3.63, 3.8) is 0 Å². The zero-order valence-electron chi connectivity index (χ0n) is 21.1. The first-order valence-corrected chi connectivity index (χ1v) is 12.4. The molecular weight excluding hydrogens is 482 g/mol. The van der Waals surface area contributed by atoms with E-state index in [1.807, 2.05) is 49.5 Å². The fourth-order valence-corrected chi connectivity index (χ4v) is 4.80. The predicted molar refractivity (Wildman–Crippen MR) is 143 cm³/mol. The SMILES string of the molecule is CC(=O)Oc1ccc(N2C(=O)CC(N(CCc3c[nH]c4ccccc34)C(=O)c3ccc(C)cc3)C2=O)cc1. The van der Waals surface area contributed by atoms with Gasteiger partial charge in [0.05, 0.1) is 12.1 Å². The van der Waals surface area contributed by atoms with Crippen molar-refractivity contribution < 1.29 is 23.9 Å². The maximum atomic E-state index is 13.7. The first kappa shape index (κ1) is 25.0. The quantitative estimate of drug-likeness (QED) is 0.226. The Labute approximate surface area is 219 Å². The molecule has 1 fully saturated rings. The molecule has 0 radical (unpaired) electrons. The number of imide groups is 1. The van der Waals surface area contributed by atoms with Crippen LogP contribution in [0.2, 0.25) is 0 Å². The van der Waals surface area contributed by atoms with E-state index in [1.54, 1.807) is 24.3 Å². The van der Waals surface area contributed by atoms with E-state index in [9.17, 15) is 19.2 Å². The highest BCUT2D eigenvalue weighted by atomic mass is 16.5. The number of para-hydroxylation sites is 1. The number of benzene rings is 3. The van der Waals surface area contributed by atoms with E-state index in [-0.39, 0.29) is 18.9 Å². The molecule has 2 heterocycles. The third-order valence-electron chi connectivity index (χ3n) is 6.71. The number of hydrogen-bond acceptors (Lipinski definition) is 5. The van der Waals surface area contributed by atoms with Crippen molar-refractivity contribution in [3.05, 3.63) is 95.7 Å². The van der Waals surface area contributed by atoms with Crippen LogP contribution in [0.5, 0.6) is 5.75 Å². The second-order valence-corrected chi connectivity index (χ2v) is 9.35. The van der Waals surface area contributed by atoms with E-state index in [0.717, 1.165) is 26.9 Å². The van der Waals surface area contributed by atoms with E-state index in [4.69, 9.17) is 4.74 Å². The number of aryl methyl sites for hydroxylation is 1. The lowest BCUT2D eigenvalue weighted by Crippen LogP contribution is -2.46. The summed E-state index contributed by atoms with van der Waals surface area (Å²) in [6, 6.07) is 20.3. The molecule has 1 aliphatic rings. The number of aromatic amines is 1. The van der Waals surface area contributed by atoms with Gasteiger partial charge >= 0.3 is 5.97 Å². The van der Waals surface area contributed by atoms with E-state index < -0.39 is 23.8 Å². The molecule has 3 aromatic carbocycles. The molecule has 1 aromatic heterocycles. The fraction of sp³-hybridized carbons (Fsp3) is 0.200. The van der Waals surface area contributed by atoms with E-state index in [1.165, 1.54) is 24.0 Å². The van der Waals surface area contributed by atoms with Gasteiger partial charge in [0.15, 0.2) is 0 Å². The summed E-state index contributed by atoms with van der Waals surface area (Å²) in [5, 5.41) is 1.05. The standard InChI is InChI=1S/C30H27N3O5/c1-19-7-9-21(10-8-19)29(36)32(16-15-22-18-31-26-6-4-3-5-25(22)26)27-17-28(35)33(30(27)37)23-11-13-24(14-12-23)38-20(2)34/h3-14,18,27,31H,15-17H2,1-2H3.